The highest BCUT2D eigenvalue weighted by molar-refractivity contribution is 7.96. The molecule has 1 aliphatic carbocycles. The van der Waals surface area contributed by atoms with E-state index in [2.05, 4.69) is 4.83 Å². The molecule has 1 aromatic heterocycles. The molecule has 1 aliphatic rings. The van der Waals surface area contributed by atoms with Gasteiger partial charge in [0.15, 0.2) is 0 Å². The Morgan fingerprint density at radius 3 is 2.76 bits per heavy atom. The summed E-state index contributed by atoms with van der Waals surface area (Å²) in [4.78, 5) is 13.7. The summed E-state index contributed by atoms with van der Waals surface area (Å²) in [5, 5.41) is 9.18. The highest BCUT2D eigenvalue weighted by Gasteiger charge is 2.28. The second-order valence-electron chi connectivity index (χ2n) is 5.13. The third-order valence-electron chi connectivity index (χ3n) is 3.56. The van der Waals surface area contributed by atoms with Crippen molar-refractivity contribution in [3.8, 4) is 0 Å². The van der Waals surface area contributed by atoms with Crippen molar-refractivity contribution in [3.05, 3.63) is 34.5 Å². The maximum atomic E-state index is 12.5. The molecule has 2 rings (SSSR count). The number of hydrogen-bond donors (Lipinski definition) is 2. The molecular weight excluding hydrogens is 292 g/mol. The number of nitrogens with zero attached hydrogens (tertiary/aromatic N) is 1. The molecule has 0 radical (unpaired) electrons. The number of carboxylic acids is 1. The van der Waals surface area contributed by atoms with Crippen molar-refractivity contribution in [1.29, 1.82) is 0 Å². The van der Waals surface area contributed by atoms with Gasteiger partial charge in [0.05, 0.1) is 10.5 Å². The van der Waals surface area contributed by atoms with Crippen LogP contribution in [-0.2, 0) is 21.2 Å². The average Bonchev–Trinajstić information content (AvgIpc) is 2.86. The van der Waals surface area contributed by atoms with Gasteiger partial charge in [-0.2, -0.15) is 0 Å². The van der Waals surface area contributed by atoms with Gasteiger partial charge in [-0.15, -0.1) is 0 Å². The fraction of sp³-hybridized carbons (Fsp3) is 0.500. The first-order valence-corrected chi connectivity index (χ1v) is 8.58. The number of carboxylic acid groups (broad SMARTS) is 1. The van der Waals surface area contributed by atoms with E-state index in [1.165, 1.54) is 4.68 Å². The molecule has 1 heterocycles. The van der Waals surface area contributed by atoms with Gasteiger partial charge in [0.25, 0.3) is 10.0 Å². The minimum Gasteiger partial charge on any atom is -0.478 e. The fourth-order valence-corrected chi connectivity index (χ4v) is 4.02. The Kier molecular flexibility index (Phi) is 4.72. The van der Waals surface area contributed by atoms with Gasteiger partial charge in [-0.25, -0.2) is 18.0 Å². The maximum Gasteiger partial charge on any atom is 0.332 e. The Bertz CT molecular complexity index is 658. The summed E-state index contributed by atoms with van der Waals surface area (Å²) in [6.45, 7) is 2.01. The molecule has 6 nitrogen and oxygen atoms in total. The Morgan fingerprint density at radius 2 is 2.10 bits per heavy atom. The van der Waals surface area contributed by atoms with E-state index in [-0.39, 0.29) is 16.9 Å². The van der Waals surface area contributed by atoms with E-state index in [4.69, 9.17) is 0 Å². The lowest BCUT2D eigenvalue weighted by molar-refractivity contribution is -0.132. The van der Waals surface area contributed by atoms with Crippen molar-refractivity contribution < 1.29 is 18.3 Å². The Labute approximate surface area is 124 Å². The molecule has 7 heteroatoms. The second-order valence-corrected chi connectivity index (χ2v) is 6.81. The van der Waals surface area contributed by atoms with Crippen molar-refractivity contribution in [1.82, 2.24) is 4.68 Å². The molecule has 0 amide bonds. The molecule has 116 valence electrons. The minimum absolute atomic E-state index is 0.0115. The van der Waals surface area contributed by atoms with Gasteiger partial charge in [0.1, 0.15) is 0 Å². The number of aromatic nitrogens is 1. The number of carbonyl (C=O) groups is 1. The van der Waals surface area contributed by atoms with Gasteiger partial charge in [0.2, 0.25) is 0 Å². The van der Waals surface area contributed by atoms with Crippen molar-refractivity contribution >= 4 is 16.0 Å². The van der Waals surface area contributed by atoms with E-state index in [0.717, 1.165) is 18.5 Å². The maximum absolute atomic E-state index is 12.5. The van der Waals surface area contributed by atoms with Crippen LogP contribution in [-0.4, -0.2) is 24.2 Å². The van der Waals surface area contributed by atoms with E-state index >= 15 is 0 Å². The predicted octanol–water partition coefficient (Wildman–Crippen LogP) is 2.23. The van der Waals surface area contributed by atoms with Gasteiger partial charge in [-0.1, -0.05) is 13.3 Å². The molecule has 0 atom stereocenters. The Morgan fingerprint density at radius 1 is 1.38 bits per heavy atom. The predicted molar refractivity (Wildman–Crippen MR) is 79.8 cm³/mol. The molecule has 21 heavy (non-hydrogen) atoms. The minimum atomic E-state index is -3.83. The summed E-state index contributed by atoms with van der Waals surface area (Å²) in [6, 6.07) is 3.61. The van der Waals surface area contributed by atoms with Crippen LogP contribution in [0.25, 0.3) is 0 Å². The fourth-order valence-electron chi connectivity index (χ4n) is 2.55. The van der Waals surface area contributed by atoms with Gasteiger partial charge in [-0.3, -0.25) is 4.68 Å². The number of aliphatic carboxylic acids is 1. The van der Waals surface area contributed by atoms with Gasteiger partial charge >= 0.3 is 5.97 Å². The van der Waals surface area contributed by atoms with Crippen LogP contribution in [0.2, 0.25) is 0 Å². The third kappa shape index (κ3) is 3.47. The topological polar surface area (TPSA) is 88.4 Å². The normalized spacial score (nSPS) is 16.0. The van der Waals surface area contributed by atoms with Crippen LogP contribution in [0, 0.1) is 0 Å². The Hall–Kier alpha value is -1.76. The van der Waals surface area contributed by atoms with Crippen molar-refractivity contribution in [2.24, 2.45) is 0 Å². The van der Waals surface area contributed by atoms with Crippen molar-refractivity contribution in [3.63, 3.8) is 0 Å². The van der Waals surface area contributed by atoms with E-state index in [9.17, 15) is 18.3 Å². The van der Waals surface area contributed by atoms with Crippen molar-refractivity contribution in [2.75, 3.05) is 4.83 Å². The van der Waals surface area contributed by atoms with Gasteiger partial charge in [0, 0.05) is 11.9 Å². The summed E-state index contributed by atoms with van der Waals surface area (Å²) in [5.41, 5.74) is 0.868. The largest absolute Gasteiger partial charge is 0.478 e. The smallest absolute Gasteiger partial charge is 0.332 e. The van der Waals surface area contributed by atoms with E-state index in [0.29, 0.717) is 19.3 Å². The zero-order chi connectivity index (χ0) is 15.5. The Balaban J connectivity index is 2.33. The summed E-state index contributed by atoms with van der Waals surface area (Å²) in [6.07, 6.45) is 5.27. The van der Waals surface area contributed by atoms with Crippen molar-refractivity contribution in [2.45, 2.75) is 45.4 Å². The number of aryl methyl sites for hydroxylation is 1. The SMILES string of the molecule is CCCc1cccn1NS(=O)(=O)C1=C(C(=O)O)CCCC1. The zero-order valence-corrected chi connectivity index (χ0v) is 12.8. The van der Waals surface area contributed by atoms with Crippen LogP contribution in [0.15, 0.2) is 28.8 Å². The highest BCUT2D eigenvalue weighted by atomic mass is 32.2. The summed E-state index contributed by atoms with van der Waals surface area (Å²) < 4.78 is 26.4. The van der Waals surface area contributed by atoms with Crippen LogP contribution >= 0.6 is 0 Å². The van der Waals surface area contributed by atoms with Crippen LogP contribution < -0.4 is 4.83 Å². The molecule has 0 aliphatic heterocycles. The quantitative estimate of drug-likeness (QED) is 0.843. The molecule has 0 fully saturated rings. The third-order valence-corrected chi connectivity index (χ3v) is 5.09. The lowest BCUT2D eigenvalue weighted by Gasteiger charge is -2.20. The summed E-state index contributed by atoms with van der Waals surface area (Å²) in [5.74, 6) is -1.14. The van der Waals surface area contributed by atoms with E-state index in [1.54, 1.807) is 12.3 Å². The van der Waals surface area contributed by atoms with Crippen LogP contribution in [0.4, 0.5) is 0 Å². The number of allylic oxidation sites excluding steroid dienone is 1. The lowest BCUT2D eigenvalue weighted by atomic mass is 9.99. The van der Waals surface area contributed by atoms with Crippen LogP contribution in [0.3, 0.4) is 0 Å². The zero-order valence-electron chi connectivity index (χ0n) is 12.0. The number of sulfonamides is 1. The molecule has 0 saturated carbocycles. The molecule has 1 aromatic rings. The van der Waals surface area contributed by atoms with E-state index < -0.39 is 16.0 Å². The summed E-state index contributed by atoms with van der Waals surface area (Å²) >= 11 is 0. The first-order valence-electron chi connectivity index (χ1n) is 7.10. The molecule has 0 saturated heterocycles. The first kappa shape index (κ1) is 15.6. The standard InChI is InChI=1S/C14H20N2O4S/c1-2-6-11-7-5-10-16(11)15-21(19,20)13-9-4-3-8-12(13)14(17)18/h5,7,10,15H,2-4,6,8-9H2,1H3,(H,17,18). The van der Waals surface area contributed by atoms with Crippen LogP contribution in [0.1, 0.15) is 44.7 Å². The number of rotatable bonds is 6. The highest BCUT2D eigenvalue weighted by Crippen LogP contribution is 2.28. The molecule has 2 N–H and O–H groups in total. The molecule has 0 unspecified atom stereocenters. The summed E-state index contributed by atoms with van der Waals surface area (Å²) in [7, 11) is -3.83. The average molecular weight is 312 g/mol. The molecule has 0 aromatic carbocycles. The monoisotopic (exact) mass is 312 g/mol. The van der Waals surface area contributed by atoms with E-state index in [1.807, 2.05) is 13.0 Å². The molecular formula is C14H20N2O4S. The first-order chi connectivity index (χ1) is 9.95. The molecule has 0 bridgehead atoms. The van der Waals surface area contributed by atoms with Gasteiger partial charge < -0.3 is 5.11 Å². The van der Waals surface area contributed by atoms with Gasteiger partial charge in [-0.05, 0) is 44.2 Å². The molecule has 0 spiro atoms. The van der Waals surface area contributed by atoms with Crippen LogP contribution in [0.5, 0.6) is 0 Å². The second kappa shape index (κ2) is 6.34. The number of nitrogens with one attached hydrogen (secondary N) is 1. The lowest BCUT2D eigenvalue weighted by Crippen LogP contribution is -2.28. The number of hydrogen-bond acceptors (Lipinski definition) is 3.